The lowest BCUT2D eigenvalue weighted by Gasteiger charge is -2.28. The van der Waals surface area contributed by atoms with Crippen LogP contribution >= 0.6 is 0 Å². The second-order valence-corrected chi connectivity index (χ2v) is 5.13. The van der Waals surface area contributed by atoms with Gasteiger partial charge in [-0.2, -0.15) is 0 Å². The Morgan fingerprint density at radius 3 is 2.56 bits per heavy atom. The molecule has 1 aliphatic rings. The topological polar surface area (TPSA) is 49.3 Å². The van der Waals surface area contributed by atoms with Gasteiger partial charge in [0.05, 0.1) is 6.10 Å². The predicted octanol–water partition coefficient (Wildman–Crippen LogP) is 2.85. The molecule has 0 radical (unpaired) electrons. The summed E-state index contributed by atoms with van der Waals surface area (Å²) in [5.74, 6) is 0.440. The minimum atomic E-state index is -0.164. The summed E-state index contributed by atoms with van der Waals surface area (Å²) in [4.78, 5) is 11.2. The van der Waals surface area contributed by atoms with Crippen LogP contribution in [0.5, 0.6) is 0 Å². The second-order valence-electron chi connectivity index (χ2n) is 5.13. The number of hydrogen-bond acceptors (Lipinski definition) is 3. The van der Waals surface area contributed by atoms with Crippen LogP contribution in [-0.4, -0.2) is 23.5 Å². The first-order valence-electron chi connectivity index (χ1n) is 6.70. The normalized spacial score (nSPS) is 23.7. The molecule has 0 bridgehead atoms. The molecular formula is C15H21NO2. The number of carbonyl (C=O) groups is 1. The lowest BCUT2D eigenvalue weighted by Crippen LogP contribution is -2.30. The molecule has 0 heterocycles. The van der Waals surface area contributed by atoms with E-state index >= 15 is 0 Å². The zero-order chi connectivity index (χ0) is 13.0. The van der Waals surface area contributed by atoms with E-state index in [1.165, 1.54) is 6.42 Å². The maximum atomic E-state index is 11.2. The van der Waals surface area contributed by atoms with E-state index < -0.39 is 0 Å². The van der Waals surface area contributed by atoms with Gasteiger partial charge in [-0.3, -0.25) is 4.79 Å². The summed E-state index contributed by atoms with van der Waals surface area (Å²) in [6.45, 7) is 2.38. The molecule has 1 saturated carbocycles. The highest BCUT2D eigenvalue weighted by Crippen LogP contribution is 2.24. The molecule has 3 nitrogen and oxygen atoms in total. The summed E-state index contributed by atoms with van der Waals surface area (Å²) in [6, 6.07) is 7.52. The number of aliphatic hydroxyl groups excluding tert-OH is 1. The number of ketones is 1. The molecule has 3 heteroatoms. The predicted molar refractivity (Wildman–Crippen MR) is 72.9 cm³/mol. The van der Waals surface area contributed by atoms with E-state index in [1.54, 1.807) is 6.92 Å². The molecule has 1 fully saturated rings. The zero-order valence-corrected chi connectivity index (χ0v) is 10.9. The number of anilines is 1. The summed E-state index contributed by atoms with van der Waals surface area (Å²) >= 11 is 0. The van der Waals surface area contributed by atoms with Gasteiger partial charge in [0.25, 0.3) is 0 Å². The van der Waals surface area contributed by atoms with Gasteiger partial charge >= 0.3 is 0 Å². The fourth-order valence-electron chi connectivity index (χ4n) is 2.50. The minimum Gasteiger partial charge on any atom is -0.393 e. The zero-order valence-electron chi connectivity index (χ0n) is 10.9. The van der Waals surface area contributed by atoms with Crippen LogP contribution in [-0.2, 0) is 0 Å². The van der Waals surface area contributed by atoms with Gasteiger partial charge in [-0.15, -0.1) is 0 Å². The van der Waals surface area contributed by atoms with E-state index in [-0.39, 0.29) is 11.9 Å². The molecule has 2 rings (SSSR count). The van der Waals surface area contributed by atoms with Crippen LogP contribution in [0.1, 0.15) is 43.0 Å². The molecule has 1 aromatic carbocycles. The van der Waals surface area contributed by atoms with Crippen LogP contribution in [0.4, 0.5) is 5.69 Å². The van der Waals surface area contributed by atoms with Crippen LogP contribution in [0.3, 0.4) is 0 Å². The van der Waals surface area contributed by atoms with E-state index in [1.807, 2.05) is 24.3 Å². The molecule has 98 valence electrons. The minimum absolute atomic E-state index is 0.0873. The van der Waals surface area contributed by atoms with E-state index in [4.69, 9.17) is 0 Å². The van der Waals surface area contributed by atoms with Gasteiger partial charge in [0, 0.05) is 23.7 Å². The first kappa shape index (κ1) is 13.1. The van der Waals surface area contributed by atoms with Crippen molar-refractivity contribution in [2.75, 3.05) is 11.9 Å². The Morgan fingerprint density at radius 1 is 1.28 bits per heavy atom. The van der Waals surface area contributed by atoms with E-state index in [0.29, 0.717) is 5.92 Å². The number of hydrogen-bond donors (Lipinski definition) is 2. The SMILES string of the molecule is CC(=O)c1ccc(NCC2CCCCC2O)cc1. The van der Waals surface area contributed by atoms with E-state index in [0.717, 1.165) is 37.1 Å². The molecule has 1 aromatic rings. The lowest BCUT2D eigenvalue weighted by atomic mass is 9.86. The summed E-state index contributed by atoms with van der Waals surface area (Å²) < 4.78 is 0. The quantitative estimate of drug-likeness (QED) is 0.804. The molecule has 0 aliphatic heterocycles. The molecule has 1 aliphatic carbocycles. The van der Waals surface area contributed by atoms with Gasteiger partial charge in [0.15, 0.2) is 5.78 Å². The molecular weight excluding hydrogens is 226 g/mol. The Balaban J connectivity index is 1.87. The summed E-state index contributed by atoms with van der Waals surface area (Å²) in [6.07, 6.45) is 4.22. The summed E-state index contributed by atoms with van der Waals surface area (Å²) in [5.41, 5.74) is 1.75. The molecule has 2 N–H and O–H groups in total. The maximum absolute atomic E-state index is 11.2. The van der Waals surface area contributed by atoms with E-state index in [9.17, 15) is 9.90 Å². The maximum Gasteiger partial charge on any atom is 0.159 e. The third-order valence-corrected chi connectivity index (χ3v) is 3.73. The standard InChI is InChI=1S/C15H21NO2/c1-11(17)12-6-8-14(9-7-12)16-10-13-4-2-3-5-15(13)18/h6-9,13,15-16,18H,2-5,10H2,1H3. The smallest absolute Gasteiger partial charge is 0.159 e. The number of nitrogens with one attached hydrogen (secondary N) is 1. The Morgan fingerprint density at radius 2 is 1.94 bits per heavy atom. The Kier molecular flexibility index (Phi) is 4.37. The number of Topliss-reactive ketones (excluding diaryl/α,β-unsaturated/α-hetero) is 1. The Bertz CT molecular complexity index is 399. The third kappa shape index (κ3) is 3.33. The number of aliphatic hydroxyl groups is 1. The monoisotopic (exact) mass is 247 g/mol. The van der Waals surface area contributed by atoms with Gasteiger partial charge in [-0.1, -0.05) is 12.8 Å². The van der Waals surface area contributed by atoms with Gasteiger partial charge in [-0.25, -0.2) is 0 Å². The summed E-state index contributed by atoms with van der Waals surface area (Å²) in [5, 5.41) is 13.2. The van der Waals surface area contributed by atoms with Crippen molar-refractivity contribution in [3.8, 4) is 0 Å². The van der Waals surface area contributed by atoms with Crippen LogP contribution in [0.15, 0.2) is 24.3 Å². The van der Waals surface area contributed by atoms with Gasteiger partial charge in [-0.05, 0) is 44.0 Å². The van der Waals surface area contributed by atoms with E-state index in [2.05, 4.69) is 5.32 Å². The van der Waals surface area contributed by atoms with Gasteiger partial charge < -0.3 is 10.4 Å². The fraction of sp³-hybridized carbons (Fsp3) is 0.533. The van der Waals surface area contributed by atoms with Gasteiger partial charge in [0.2, 0.25) is 0 Å². The molecule has 2 atom stereocenters. The number of rotatable bonds is 4. The van der Waals surface area contributed by atoms with Crippen molar-refractivity contribution in [1.29, 1.82) is 0 Å². The number of benzene rings is 1. The average molecular weight is 247 g/mol. The van der Waals surface area contributed by atoms with Crippen molar-refractivity contribution in [1.82, 2.24) is 0 Å². The third-order valence-electron chi connectivity index (χ3n) is 3.73. The fourth-order valence-corrected chi connectivity index (χ4v) is 2.50. The second kappa shape index (κ2) is 6.01. The highest BCUT2D eigenvalue weighted by molar-refractivity contribution is 5.94. The molecule has 18 heavy (non-hydrogen) atoms. The van der Waals surface area contributed by atoms with Crippen LogP contribution in [0.25, 0.3) is 0 Å². The molecule has 0 spiro atoms. The Hall–Kier alpha value is -1.35. The number of carbonyl (C=O) groups excluding carboxylic acids is 1. The van der Waals surface area contributed by atoms with Crippen LogP contribution in [0, 0.1) is 5.92 Å². The molecule has 2 unspecified atom stereocenters. The first-order chi connectivity index (χ1) is 8.66. The summed E-state index contributed by atoms with van der Waals surface area (Å²) in [7, 11) is 0. The highest BCUT2D eigenvalue weighted by Gasteiger charge is 2.22. The largest absolute Gasteiger partial charge is 0.393 e. The van der Waals surface area contributed by atoms with Crippen molar-refractivity contribution in [3.05, 3.63) is 29.8 Å². The molecule has 0 saturated heterocycles. The van der Waals surface area contributed by atoms with Crippen molar-refractivity contribution in [2.45, 2.75) is 38.7 Å². The first-order valence-corrected chi connectivity index (χ1v) is 6.70. The van der Waals surface area contributed by atoms with Crippen molar-refractivity contribution in [2.24, 2.45) is 5.92 Å². The lowest BCUT2D eigenvalue weighted by molar-refractivity contribution is 0.0763. The van der Waals surface area contributed by atoms with Crippen molar-refractivity contribution < 1.29 is 9.90 Å². The average Bonchev–Trinajstić information content (AvgIpc) is 2.38. The van der Waals surface area contributed by atoms with Crippen molar-refractivity contribution in [3.63, 3.8) is 0 Å². The highest BCUT2D eigenvalue weighted by atomic mass is 16.3. The molecule has 0 amide bonds. The van der Waals surface area contributed by atoms with Crippen LogP contribution in [0.2, 0.25) is 0 Å². The van der Waals surface area contributed by atoms with Gasteiger partial charge in [0.1, 0.15) is 0 Å². The van der Waals surface area contributed by atoms with Crippen LogP contribution < -0.4 is 5.32 Å². The van der Waals surface area contributed by atoms with Crippen molar-refractivity contribution >= 4 is 11.5 Å². The Labute approximate surface area is 108 Å². The molecule has 0 aromatic heterocycles.